The molecule has 0 saturated carbocycles. The summed E-state index contributed by atoms with van der Waals surface area (Å²) in [5, 5.41) is 4.65. The van der Waals surface area contributed by atoms with Crippen molar-refractivity contribution in [3.63, 3.8) is 0 Å². The van der Waals surface area contributed by atoms with Crippen molar-refractivity contribution in [2.24, 2.45) is 0 Å². The zero-order valence-corrected chi connectivity index (χ0v) is 14.1. The van der Waals surface area contributed by atoms with Crippen molar-refractivity contribution in [1.29, 1.82) is 0 Å². The Balaban J connectivity index is 2.04. The van der Waals surface area contributed by atoms with Crippen LogP contribution < -0.4 is 14.2 Å². The van der Waals surface area contributed by atoms with Crippen LogP contribution in [0, 0.1) is 0 Å². The average Bonchev–Trinajstić information content (AvgIpc) is 3.11. The van der Waals surface area contributed by atoms with Crippen LogP contribution >= 0.6 is 11.6 Å². The Bertz CT molecular complexity index is 846. The molecule has 0 saturated heterocycles. The van der Waals surface area contributed by atoms with E-state index in [0.717, 1.165) is 5.56 Å². The lowest BCUT2D eigenvalue weighted by Crippen LogP contribution is -1.95. The molecule has 0 spiro atoms. The highest BCUT2D eigenvalue weighted by Crippen LogP contribution is 2.39. The summed E-state index contributed by atoms with van der Waals surface area (Å²) in [7, 11) is 4.67. The van der Waals surface area contributed by atoms with Gasteiger partial charge in [-0.3, -0.25) is 0 Å². The fourth-order valence-corrected chi connectivity index (χ4v) is 2.37. The fourth-order valence-electron chi connectivity index (χ4n) is 2.25. The molecule has 0 amide bonds. The van der Waals surface area contributed by atoms with Crippen LogP contribution in [0.3, 0.4) is 0 Å². The topological polar surface area (TPSA) is 66.6 Å². The Morgan fingerprint density at radius 3 is 2.12 bits per heavy atom. The number of benzene rings is 2. The Kier molecular flexibility index (Phi) is 4.57. The van der Waals surface area contributed by atoms with E-state index in [-0.39, 0.29) is 0 Å². The minimum atomic E-state index is 0.317. The molecule has 1 heterocycles. The number of methoxy groups -OCH3 is 3. The summed E-state index contributed by atoms with van der Waals surface area (Å²) in [6.45, 7) is 0. The Hall–Kier alpha value is -2.73. The minimum Gasteiger partial charge on any atom is -0.496 e. The molecule has 6 nitrogen and oxygen atoms in total. The molecular weight excluding hydrogens is 332 g/mol. The second-order valence-corrected chi connectivity index (χ2v) is 5.27. The van der Waals surface area contributed by atoms with Crippen LogP contribution in [0.15, 0.2) is 40.9 Å². The summed E-state index contributed by atoms with van der Waals surface area (Å²) < 4.78 is 21.4. The molecule has 0 unspecified atom stereocenters. The number of ether oxygens (including phenoxy) is 3. The summed E-state index contributed by atoms with van der Waals surface area (Å²) in [5.74, 6) is 2.41. The maximum absolute atomic E-state index is 5.90. The highest BCUT2D eigenvalue weighted by Gasteiger charge is 2.19. The van der Waals surface area contributed by atoms with Crippen LogP contribution in [0.2, 0.25) is 5.02 Å². The number of hydrogen-bond acceptors (Lipinski definition) is 6. The second-order valence-electron chi connectivity index (χ2n) is 4.84. The standard InChI is InChI=1S/C17H15ClN2O4/c1-21-13-9-15(23-3)14(22-2)8-12(13)17-19-16(20-24-17)10-4-6-11(18)7-5-10/h4-9H,1-3H3. The van der Waals surface area contributed by atoms with Crippen LogP contribution in [-0.2, 0) is 0 Å². The number of hydrogen-bond donors (Lipinski definition) is 0. The summed E-state index contributed by atoms with van der Waals surface area (Å²) in [6.07, 6.45) is 0. The molecule has 0 fully saturated rings. The lowest BCUT2D eigenvalue weighted by Gasteiger charge is -2.11. The molecule has 0 aliphatic heterocycles. The average molecular weight is 347 g/mol. The molecule has 0 atom stereocenters. The van der Waals surface area contributed by atoms with Crippen LogP contribution in [0.4, 0.5) is 0 Å². The van der Waals surface area contributed by atoms with Crippen molar-refractivity contribution < 1.29 is 18.7 Å². The van der Waals surface area contributed by atoms with Gasteiger partial charge in [-0.05, 0) is 24.3 Å². The van der Waals surface area contributed by atoms with Gasteiger partial charge in [0.15, 0.2) is 11.5 Å². The SMILES string of the molecule is COc1cc(OC)c(-c2nc(-c3ccc(Cl)cc3)no2)cc1OC. The number of nitrogens with zero attached hydrogens (tertiary/aromatic N) is 2. The van der Waals surface area contributed by atoms with E-state index >= 15 is 0 Å². The zero-order chi connectivity index (χ0) is 17.1. The van der Waals surface area contributed by atoms with Crippen LogP contribution in [-0.4, -0.2) is 31.5 Å². The monoisotopic (exact) mass is 346 g/mol. The largest absolute Gasteiger partial charge is 0.496 e. The van der Waals surface area contributed by atoms with Crippen molar-refractivity contribution >= 4 is 11.6 Å². The van der Waals surface area contributed by atoms with E-state index in [1.165, 1.54) is 0 Å². The van der Waals surface area contributed by atoms with E-state index in [1.54, 1.807) is 45.6 Å². The van der Waals surface area contributed by atoms with E-state index < -0.39 is 0 Å². The van der Waals surface area contributed by atoms with E-state index in [2.05, 4.69) is 10.1 Å². The molecule has 1 aromatic heterocycles. The first-order chi connectivity index (χ1) is 11.7. The van der Waals surface area contributed by atoms with Gasteiger partial charge in [0.25, 0.3) is 5.89 Å². The highest BCUT2D eigenvalue weighted by molar-refractivity contribution is 6.30. The smallest absolute Gasteiger partial charge is 0.262 e. The van der Waals surface area contributed by atoms with Crippen molar-refractivity contribution in [3.05, 3.63) is 41.4 Å². The quantitative estimate of drug-likeness (QED) is 0.693. The van der Waals surface area contributed by atoms with Crippen molar-refractivity contribution in [2.75, 3.05) is 21.3 Å². The molecule has 0 aliphatic carbocycles. The summed E-state index contributed by atoms with van der Waals surface area (Å²) in [4.78, 5) is 4.42. The molecule has 3 aromatic rings. The molecule has 0 aliphatic rings. The van der Waals surface area contributed by atoms with Crippen molar-refractivity contribution in [2.45, 2.75) is 0 Å². The maximum Gasteiger partial charge on any atom is 0.262 e. The molecule has 124 valence electrons. The second kappa shape index (κ2) is 6.80. The normalized spacial score (nSPS) is 10.5. The summed E-state index contributed by atoms with van der Waals surface area (Å²) in [5.41, 5.74) is 1.41. The van der Waals surface area contributed by atoms with Gasteiger partial charge in [0.05, 0.1) is 26.9 Å². The Morgan fingerprint density at radius 2 is 1.50 bits per heavy atom. The van der Waals surface area contributed by atoms with E-state index in [4.69, 9.17) is 30.3 Å². The first kappa shape index (κ1) is 16.1. The third-order valence-corrected chi connectivity index (χ3v) is 3.72. The molecule has 2 aromatic carbocycles. The molecule has 3 rings (SSSR count). The third-order valence-electron chi connectivity index (χ3n) is 3.46. The Labute approximate surface area is 143 Å². The lowest BCUT2D eigenvalue weighted by molar-refractivity contribution is 0.348. The van der Waals surface area contributed by atoms with Gasteiger partial charge in [-0.15, -0.1) is 0 Å². The van der Waals surface area contributed by atoms with Gasteiger partial charge in [-0.1, -0.05) is 16.8 Å². The van der Waals surface area contributed by atoms with Gasteiger partial charge in [-0.2, -0.15) is 4.98 Å². The van der Waals surface area contributed by atoms with E-state index in [9.17, 15) is 0 Å². The van der Waals surface area contributed by atoms with E-state index in [1.807, 2.05) is 12.1 Å². The van der Waals surface area contributed by atoms with Gasteiger partial charge in [0, 0.05) is 22.7 Å². The highest BCUT2D eigenvalue weighted by atomic mass is 35.5. The summed E-state index contributed by atoms with van der Waals surface area (Å²) in [6, 6.07) is 10.6. The minimum absolute atomic E-state index is 0.317. The number of aromatic nitrogens is 2. The number of rotatable bonds is 5. The van der Waals surface area contributed by atoms with E-state index in [0.29, 0.717) is 39.5 Å². The molecule has 7 heteroatoms. The molecule has 0 N–H and O–H groups in total. The van der Waals surface area contributed by atoms with Crippen molar-refractivity contribution in [3.8, 4) is 40.1 Å². The van der Waals surface area contributed by atoms with Crippen LogP contribution in [0.25, 0.3) is 22.8 Å². The van der Waals surface area contributed by atoms with Gasteiger partial charge in [-0.25, -0.2) is 0 Å². The van der Waals surface area contributed by atoms with Gasteiger partial charge >= 0.3 is 0 Å². The summed E-state index contributed by atoms with van der Waals surface area (Å²) >= 11 is 5.90. The van der Waals surface area contributed by atoms with Crippen molar-refractivity contribution in [1.82, 2.24) is 10.1 Å². The van der Waals surface area contributed by atoms with Crippen LogP contribution in [0.5, 0.6) is 17.2 Å². The number of halogens is 1. The molecule has 24 heavy (non-hydrogen) atoms. The molecule has 0 radical (unpaired) electrons. The molecule has 0 bridgehead atoms. The third kappa shape index (κ3) is 3.00. The first-order valence-electron chi connectivity index (χ1n) is 7.06. The predicted molar refractivity (Wildman–Crippen MR) is 89.8 cm³/mol. The first-order valence-corrected chi connectivity index (χ1v) is 7.44. The Morgan fingerprint density at radius 1 is 0.875 bits per heavy atom. The predicted octanol–water partition coefficient (Wildman–Crippen LogP) is 4.08. The van der Waals surface area contributed by atoms with Gasteiger partial charge < -0.3 is 18.7 Å². The van der Waals surface area contributed by atoms with Gasteiger partial charge in [0.1, 0.15) is 5.75 Å². The fraction of sp³-hybridized carbons (Fsp3) is 0.176. The van der Waals surface area contributed by atoms with Gasteiger partial charge in [0.2, 0.25) is 5.82 Å². The molecular formula is C17H15ClN2O4. The van der Waals surface area contributed by atoms with Crippen LogP contribution in [0.1, 0.15) is 0 Å². The lowest BCUT2D eigenvalue weighted by atomic mass is 10.1. The zero-order valence-electron chi connectivity index (χ0n) is 13.4. The maximum atomic E-state index is 5.90.